The lowest BCUT2D eigenvalue weighted by atomic mass is 10.2. The Balaban J connectivity index is 1.59. The van der Waals surface area contributed by atoms with Gasteiger partial charge < -0.3 is 9.30 Å². The van der Waals surface area contributed by atoms with Crippen molar-refractivity contribution >= 4 is 23.4 Å². The Morgan fingerprint density at radius 1 is 1.04 bits per heavy atom. The molecule has 0 saturated carbocycles. The Morgan fingerprint density at radius 3 is 2.52 bits per heavy atom. The van der Waals surface area contributed by atoms with Crippen LogP contribution in [0.4, 0.5) is 0 Å². The third kappa shape index (κ3) is 4.27. The van der Waals surface area contributed by atoms with E-state index in [0.29, 0.717) is 11.6 Å². The number of hydrogen-bond acceptors (Lipinski definition) is 4. The summed E-state index contributed by atoms with van der Waals surface area (Å²) < 4.78 is 7.67. The highest BCUT2D eigenvalue weighted by molar-refractivity contribution is 7.98. The number of rotatable bonds is 6. The van der Waals surface area contributed by atoms with Gasteiger partial charge in [0.15, 0.2) is 11.0 Å². The van der Waals surface area contributed by atoms with E-state index in [-0.39, 0.29) is 0 Å². The number of benzene rings is 2. The number of ether oxygens (including phenoxy) is 1. The van der Waals surface area contributed by atoms with Crippen LogP contribution < -0.4 is 4.74 Å². The zero-order valence-electron chi connectivity index (χ0n) is 12.6. The minimum Gasteiger partial charge on any atom is -0.486 e. The molecule has 0 aliphatic rings. The zero-order valence-corrected chi connectivity index (χ0v) is 14.2. The van der Waals surface area contributed by atoms with E-state index in [4.69, 9.17) is 16.3 Å². The Labute approximate surface area is 144 Å². The van der Waals surface area contributed by atoms with Crippen LogP contribution in [0.5, 0.6) is 5.75 Å². The van der Waals surface area contributed by atoms with E-state index < -0.39 is 0 Å². The van der Waals surface area contributed by atoms with Gasteiger partial charge in [-0.2, -0.15) is 0 Å². The molecule has 4 nitrogen and oxygen atoms in total. The minimum absolute atomic E-state index is 0.372. The van der Waals surface area contributed by atoms with Gasteiger partial charge in [-0.05, 0) is 29.8 Å². The molecule has 23 heavy (non-hydrogen) atoms. The van der Waals surface area contributed by atoms with Gasteiger partial charge in [0.25, 0.3) is 0 Å². The average Bonchev–Trinajstić information content (AvgIpc) is 2.93. The summed E-state index contributed by atoms with van der Waals surface area (Å²) >= 11 is 7.52. The molecule has 3 aromatic rings. The van der Waals surface area contributed by atoms with Crippen molar-refractivity contribution in [2.24, 2.45) is 7.05 Å². The third-order valence-electron chi connectivity index (χ3n) is 3.32. The molecule has 118 valence electrons. The molecule has 6 heteroatoms. The van der Waals surface area contributed by atoms with Gasteiger partial charge in [0.05, 0.1) is 0 Å². The van der Waals surface area contributed by atoms with Crippen LogP contribution in [0.3, 0.4) is 0 Å². The van der Waals surface area contributed by atoms with Crippen molar-refractivity contribution < 1.29 is 4.74 Å². The zero-order chi connectivity index (χ0) is 16.1. The third-order valence-corrected chi connectivity index (χ3v) is 4.66. The van der Waals surface area contributed by atoms with Gasteiger partial charge in [0.2, 0.25) is 0 Å². The molecule has 1 aromatic heterocycles. The molecule has 1 heterocycles. The van der Waals surface area contributed by atoms with Crippen molar-refractivity contribution in [3.05, 3.63) is 71.0 Å². The van der Waals surface area contributed by atoms with E-state index in [1.54, 1.807) is 23.9 Å². The van der Waals surface area contributed by atoms with Crippen LogP contribution >= 0.6 is 23.4 Å². The molecule has 0 bridgehead atoms. The molecule has 0 unspecified atom stereocenters. The van der Waals surface area contributed by atoms with Gasteiger partial charge in [0, 0.05) is 17.8 Å². The molecule has 3 rings (SSSR count). The van der Waals surface area contributed by atoms with Gasteiger partial charge in [-0.1, -0.05) is 53.7 Å². The van der Waals surface area contributed by atoms with Crippen molar-refractivity contribution in [3.63, 3.8) is 0 Å². The molecule has 0 aliphatic carbocycles. The van der Waals surface area contributed by atoms with Crippen LogP contribution in [0.1, 0.15) is 11.4 Å². The topological polar surface area (TPSA) is 39.9 Å². The van der Waals surface area contributed by atoms with Crippen LogP contribution in [0, 0.1) is 0 Å². The smallest absolute Gasteiger partial charge is 0.191 e. The van der Waals surface area contributed by atoms with Gasteiger partial charge in [-0.25, -0.2) is 0 Å². The number of thioether (sulfide) groups is 1. The first-order valence-electron chi connectivity index (χ1n) is 7.16. The van der Waals surface area contributed by atoms with Crippen molar-refractivity contribution in [1.29, 1.82) is 0 Å². The van der Waals surface area contributed by atoms with E-state index in [0.717, 1.165) is 22.5 Å². The summed E-state index contributed by atoms with van der Waals surface area (Å²) in [6, 6.07) is 17.6. The molecule has 0 spiro atoms. The first-order chi connectivity index (χ1) is 11.2. The summed E-state index contributed by atoms with van der Waals surface area (Å²) in [5.41, 5.74) is 1.26. The van der Waals surface area contributed by atoms with E-state index >= 15 is 0 Å². The standard InChI is InChI=1S/C17H16ClN3OS/c1-21-16(11-22-15-9-7-14(18)8-10-15)19-20-17(21)23-12-13-5-3-2-4-6-13/h2-10H,11-12H2,1H3. The Kier molecular flexibility index (Phi) is 5.20. The highest BCUT2D eigenvalue weighted by atomic mass is 35.5. The first kappa shape index (κ1) is 15.9. The van der Waals surface area contributed by atoms with E-state index in [1.165, 1.54) is 5.56 Å². The van der Waals surface area contributed by atoms with E-state index in [9.17, 15) is 0 Å². The summed E-state index contributed by atoms with van der Waals surface area (Å²) in [6.45, 7) is 0.372. The maximum absolute atomic E-state index is 5.86. The molecule has 2 aromatic carbocycles. The second kappa shape index (κ2) is 7.53. The summed E-state index contributed by atoms with van der Waals surface area (Å²) in [4.78, 5) is 0. The van der Waals surface area contributed by atoms with Crippen molar-refractivity contribution in [2.45, 2.75) is 17.5 Å². The van der Waals surface area contributed by atoms with E-state index in [2.05, 4.69) is 22.3 Å². The monoisotopic (exact) mass is 345 g/mol. The predicted octanol–water partition coefficient (Wildman–Crippen LogP) is 4.34. The fourth-order valence-electron chi connectivity index (χ4n) is 2.00. The normalized spacial score (nSPS) is 10.7. The average molecular weight is 346 g/mol. The van der Waals surface area contributed by atoms with Crippen LogP contribution in [0.25, 0.3) is 0 Å². The highest BCUT2D eigenvalue weighted by Crippen LogP contribution is 2.22. The predicted molar refractivity (Wildman–Crippen MR) is 92.8 cm³/mol. The molecule has 0 amide bonds. The lowest BCUT2D eigenvalue weighted by molar-refractivity contribution is 0.290. The molecular formula is C17H16ClN3OS. The summed E-state index contributed by atoms with van der Waals surface area (Å²) in [6.07, 6.45) is 0. The number of hydrogen-bond donors (Lipinski definition) is 0. The maximum Gasteiger partial charge on any atom is 0.191 e. The van der Waals surface area contributed by atoms with Crippen LogP contribution in [-0.2, 0) is 19.4 Å². The van der Waals surface area contributed by atoms with E-state index in [1.807, 2.05) is 41.9 Å². The molecule has 0 N–H and O–H groups in total. The van der Waals surface area contributed by atoms with Crippen LogP contribution in [0.2, 0.25) is 5.02 Å². The van der Waals surface area contributed by atoms with Crippen molar-refractivity contribution in [2.75, 3.05) is 0 Å². The SMILES string of the molecule is Cn1c(COc2ccc(Cl)cc2)nnc1SCc1ccccc1. The maximum atomic E-state index is 5.86. The molecule has 0 saturated heterocycles. The van der Waals surface area contributed by atoms with Crippen molar-refractivity contribution in [1.82, 2.24) is 14.8 Å². The molecular weight excluding hydrogens is 330 g/mol. The Bertz CT molecular complexity index is 759. The largest absolute Gasteiger partial charge is 0.486 e. The lowest BCUT2D eigenvalue weighted by Crippen LogP contribution is -2.04. The first-order valence-corrected chi connectivity index (χ1v) is 8.52. The lowest BCUT2D eigenvalue weighted by Gasteiger charge is -2.06. The van der Waals surface area contributed by atoms with Crippen molar-refractivity contribution in [3.8, 4) is 5.75 Å². The Morgan fingerprint density at radius 2 is 1.78 bits per heavy atom. The number of nitrogens with zero attached hydrogens (tertiary/aromatic N) is 3. The second-order valence-corrected chi connectivity index (χ2v) is 6.35. The minimum atomic E-state index is 0.372. The highest BCUT2D eigenvalue weighted by Gasteiger charge is 2.10. The molecule has 0 aliphatic heterocycles. The molecule has 0 fully saturated rings. The number of aromatic nitrogens is 3. The van der Waals surface area contributed by atoms with Gasteiger partial charge in [-0.15, -0.1) is 10.2 Å². The fourth-order valence-corrected chi connectivity index (χ4v) is 3.01. The Hall–Kier alpha value is -1.98. The van der Waals surface area contributed by atoms with Crippen LogP contribution in [0.15, 0.2) is 59.8 Å². The molecule has 0 atom stereocenters. The quantitative estimate of drug-likeness (QED) is 0.623. The summed E-state index contributed by atoms with van der Waals surface area (Å²) in [5, 5.41) is 10.0. The fraction of sp³-hybridized carbons (Fsp3) is 0.176. The van der Waals surface area contributed by atoms with Gasteiger partial charge >= 0.3 is 0 Å². The summed E-state index contributed by atoms with van der Waals surface area (Å²) in [7, 11) is 1.95. The van der Waals surface area contributed by atoms with Crippen LogP contribution in [-0.4, -0.2) is 14.8 Å². The van der Waals surface area contributed by atoms with Gasteiger partial charge in [-0.3, -0.25) is 0 Å². The van der Waals surface area contributed by atoms with Gasteiger partial charge in [0.1, 0.15) is 12.4 Å². The molecule has 0 radical (unpaired) electrons. The number of halogens is 1. The second-order valence-electron chi connectivity index (χ2n) is 4.97. The summed E-state index contributed by atoms with van der Waals surface area (Å²) in [5.74, 6) is 2.41.